The number of hydrogen-bond donors (Lipinski definition) is 0. The van der Waals surface area contributed by atoms with Gasteiger partial charge in [0, 0.05) is 43.9 Å². The quantitative estimate of drug-likeness (QED) is 0.169. The van der Waals surface area contributed by atoms with E-state index in [1.54, 1.807) is 0 Å². The number of rotatable bonds is 6. The van der Waals surface area contributed by atoms with E-state index in [2.05, 4.69) is 180 Å². The summed E-state index contributed by atoms with van der Waals surface area (Å²) in [4.78, 5) is 15.7. The lowest BCUT2D eigenvalue weighted by molar-refractivity contribution is 0.669. The molecule has 0 N–H and O–H groups in total. The normalized spacial score (nSPS) is 11.7. The molecule has 5 heteroatoms. The van der Waals surface area contributed by atoms with Gasteiger partial charge in [0.25, 0.3) is 0 Å². The minimum absolute atomic E-state index is 0.595. The lowest BCUT2D eigenvalue weighted by Crippen LogP contribution is -2.00. The van der Waals surface area contributed by atoms with Gasteiger partial charge in [-0.25, -0.2) is 15.0 Å². The Labute approximate surface area is 345 Å². The van der Waals surface area contributed by atoms with Gasteiger partial charge in [-0.1, -0.05) is 133 Å². The Morgan fingerprint density at radius 1 is 0.317 bits per heavy atom. The van der Waals surface area contributed by atoms with Gasteiger partial charge in [-0.05, 0) is 106 Å². The molecule has 3 aromatic heterocycles. The third-order valence-electron chi connectivity index (χ3n) is 11.6. The minimum atomic E-state index is 0.595. The summed E-state index contributed by atoms with van der Waals surface area (Å²) in [6, 6.07) is 72.3. The molecule has 280 valence electrons. The molecule has 0 aliphatic heterocycles. The molecule has 12 aromatic rings. The molecule has 0 bridgehead atoms. The highest BCUT2D eigenvalue weighted by atomic mass is 16.3. The number of fused-ring (bicyclic) bond motifs is 7. The van der Waals surface area contributed by atoms with Gasteiger partial charge in [-0.2, -0.15) is 0 Å². The Kier molecular flexibility index (Phi) is 7.78. The third-order valence-corrected chi connectivity index (χ3v) is 11.6. The number of aromatic nitrogens is 4. The average molecular weight is 767 g/mol. The van der Waals surface area contributed by atoms with Gasteiger partial charge < -0.3 is 8.98 Å². The van der Waals surface area contributed by atoms with Crippen LogP contribution < -0.4 is 0 Å². The zero-order valence-corrected chi connectivity index (χ0v) is 32.3. The van der Waals surface area contributed by atoms with Crippen molar-refractivity contribution in [3.63, 3.8) is 0 Å². The molecule has 0 amide bonds. The zero-order valence-electron chi connectivity index (χ0n) is 32.3. The lowest BCUT2D eigenvalue weighted by Gasteiger charge is -2.12. The summed E-state index contributed by atoms with van der Waals surface area (Å²) in [5.74, 6) is 1.80. The fraction of sp³-hybridized carbons (Fsp3) is 0. The van der Waals surface area contributed by atoms with Gasteiger partial charge in [-0.3, -0.25) is 0 Å². The lowest BCUT2D eigenvalue weighted by atomic mass is 9.94. The number of nitrogens with zero attached hydrogens (tertiary/aromatic N) is 4. The Morgan fingerprint density at radius 2 is 0.867 bits per heavy atom. The molecular formula is C55H34N4O. The van der Waals surface area contributed by atoms with E-state index >= 15 is 0 Å². The smallest absolute Gasteiger partial charge is 0.164 e. The van der Waals surface area contributed by atoms with E-state index in [0.29, 0.717) is 17.5 Å². The molecule has 0 unspecified atom stereocenters. The van der Waals surface area contributed by atoms with Crippen LogP contribution in [0.4, 0.5) is 0 Å². The monoisotopic (exact) mass is 766 g/mol. The first-order chi connectivity index (χ1) is 29.7. The van der Waals surface area contributed by atoms with E-state index < -0.39 is 0 Å². The molecule has 5 nitrogen and oxygen atoms in total. The maximum absolute atomic E-state index is 6.20. The van der Waals surface area contributed by atoms with Crippen LogP contribution in [0.1, 0.15) is 0 Å². The highest BCUT2D eigenvalue weighted by molar-refractivity contribution is 6.10. The molecule has 0 spiro atoms. The van der Waals surface area contributed by atoms with Crippen LogP contribution in [0.2, 0.25) is 0 Å². The largest absolute Gasteiger partial charge is 0.456 e. The first-order valence-electron chi connectivity index (χ1n) is 20.2. The summed E-state index contributed by atoms with van der Waals surface area (Å²) in [7, 11) is 0. The standard InChI is InChI=1S/C55H34N4O/c1-3-13-35(14-4-1)43-22-12-15-36-25-26-38(32-46(36)43)37-16-11-17-39(31-37)53-56-54(58-55(57-53)41-28-30-52-48(34-41)45-21-8-10-24-51(45)60-52)40-27-29-50-47(33-40)44-20-7-9-23-49(44)59(50)42-18-5-2-6-19-42/h1-34H. The van der Waals surface area contributed by atoms with E-state index in [1.165, 1.54) is 27.3 Å². The fourth-order valence-electron chi connectivity index (χ4n) is 8.76. The maximum atomic E-state index is 6.20. The molecular weight excluding hydrogens is 733 g/mol. The van der Waals surface area contributed by atoms with Crippen molar-refractivity contribution in [2.75, 3.05) is 0 Å². The second-order valence-electron chi connectivity index (χ2n) is 15.2. The topological polar surface area (TPSA) is 56.7 Å². The molecule has 0 saturated heterocycles. The van der Waals surface area contributed by atoms with E-state index in [1.807, 2.05) is 30.3 Å². The molecule has 0 aliphatic rings. The molecule has 0 saturated carbocycles. The SMILES string of the molecule is c1ccc(-c2cccc3ccc(-c4cccc(-c5nc(-c6ccc7oc8ccccc8c7c6)nc(-c6ccc7c(c6)c6ccccc6n7-c6ccccc6)n5)c4)cc23)cc1. The molecule has 60 heavy (non-hydrogen) atoms. The minimum Gasteiger partial charge on any atom is -0.456 e. The van der Waals surface area contributed by atoms with E-state index in [4.69, 9.17) is 19.4 Å². The fourth-order valence-corrected chi connectivity index (χ4v) is 8.76. The third kappa shape index (κ3) is 5.67. The van der Waals surface area contributed by atoms with Crippen molar-refractivity contribution in [2.24, 2.45) is 0 Å². The number of para-hydroxylation sites is 3. The van der Waals surface area contributed by atoms with E-state index in [9.17, 15) is 0 Å². The van der Waals surface area contributed by atoms with Crippen molar-refractivity contribution in [2.45, 2.75) is 0 Å². The van der Waals surface area contributed by atoms with Crippen LogP contribution in [0.15, 0.2) is 211 Å². The zero-order chi connectivity index (χ0) is 39.6. The maximum Gasteiger partial charge on any atom is 0.164 e. The molecule has 0 fully saturated rings. The molecule has 12 rings (SSSR count). The van der Waals surface area contributed by atoms with Crippen molar-refractivity contribution in [1.29, 1.82) is 0 Å². The van der Waals surface area contributed by atoms with Crippen LogP contribution >= 0.6 is 0 Å². The first kappa shape index (κ1) is 33.9. The Morgan fingerprint density at radius 3 is 1.68 bits per heavy atom. The highest BCUT2D eigenvalue weighted by Crippen LogP contribution is 2.38. The second-order valence-corrected chi connectivity index (χ2v) is 15.2. The van der Waals surface area contributed by atoms with Gasteiger partial charge in [0.2, 0.25) is 0 Å². The van der Waals surface area contributed by atoms with Gasteiger partial charge in [0.15, 0.2) is 17.5 Å². The predicted molar refractivity (Wildman–Crippen MR) is 246 cm³/mol. The van der Waals surface area contributed by atoms with Crippen molar-refractivity contribution >= 4 is 54.5 Å². The Hall–Kier alpha value is -8.15. The van der Waals surface area contributed by atoms with Crippen LogP contribution in [0, 0.1) is 0 Å². The van der Waals surface area contributed by atoms with Crippen LogP contribution in [0.25, 0.3) is 117 Å². The van der Waals surface area contributed by atoms with Gasteiger partial charge in [0.1, 0.15) is 11.2 Å². The summed E-state index contributed by atoms with van der Waals surface area (Å²) >= 11 is 0. The van der Waals surface area contributed by atoms with Crippen molar-refractivity contribution in [3.05, 3.63) is 206 Å². The van der Waals surface area contributed by atoms with Crippen LogP contribution in [-0.4, -0.2) is 19.5 Å². The predicted octanol–water partition coefficient (Wildman–Crippen LogP) is 14.4. The summed E-state index contributed by atoms with van der Waals surface area (Å²) in [5, 5.41) is 6.80. The summed E-state index contributed by atoms with van der Waals surface area (Å²) in [5.41, 5.74) is 12.4. The van der Waals surface area contributed by atoms with Crippen LogP contribution in [0.5, 0.6) is 0 Å². The Bertz CT molecular complexity index is 3610. The first-order valence-corrected chi connectivity index (χ1v) is 20.2. The van der Waals surface area contributed by atoms with Gasteiger partial charge >= 0.3 is 0 Å². The number of furan rings is 1. The van der Waals surface area contributed by atoms with E-state index in [0.717, 1.165) is 71.9 Å². The molecule has 0 atom stereocenters. The highest BCUT2D eigenvalue weighted by Gasteiger charge is 2.18. The molecule has 9 aromatic carbocycles. The Balaban J connectivity index is 1.03. The molecule has 3 heterocycles. The van der Waals surface area contributed by atoms with Crippen molar-refractivity contribution in [3.8, 4) is 62.1 Å². The van der Waals surface area contributed by atoms with Crippen molar-refractivity contribution < 1.29 is 4.42 Å². The number of benzene rings is 9. The summed E-state index contributed by atoms with van der Waals surface area (Å²) < 4.78 is 8.52. The second kappa shape index (κ2) is 13.8. The van der Waals surface area contributed by atoms with E-state index in [-0.39, 0.29) is 0 Å². The average Bonchev–Trinajstić information content (AvgIpc) is 3.87. The van der Waals surface area contributed by atoms with Crippen LogP contribution in [0.3, 0.4) is 0 Å². The number of hydrogen-bond acceptors (Lipinski definition) is 4. The summed E-state index contributed by atoms with van der Waals surface area (Å²) in [6.07, 6.45) is 0. The molecule has 0 aliphatic carbocycles. The summed E-state index contributed by atoms with van der Waals surface area (Å²) in [6.45, 7) is 0. The van der Waals surface area contributed by atoms with Crippen molar-refractivity contribution in [1.82, 2.24) is 19.5 Å². The van der Waals surface area contributed by atoms with Gasteiger partial charge in [0.05, 0.1) is 11.0 Å². The van der Waals surface area contributed by atoms with Gasteiger partial charge in [-0.15, -0.1) is 0 Å². The molecule has 0 radical (unpaired) electrons. The van der Waals surface area contributed by atoms with Crippen LogP contribution in [-0.2, 0) is 0 Å².